The third-order valence-electron chi connectivity index (χ3n) is 4.76. The summed E-state index contributed by atoms with van der Waals surface area (Å²) >= 11 is 7.24. The predicted molar refractivity (Wildman–Crippen MR) is 129 cm³/mol. The molecule has 33 heavy (non-hydrogen) atoms. The molecule has 8 nitrogen and oxygen atoms in total. The molecule has 1 unspecified atom stereocenters. The number of amides is 1. The lowest BCUT2D eigenvalue weighted by Crippen LogP contribution is -2.23. The van der Waals surface area contributed by atoms with Crippen molar-refractivity contribution in [3.8, 4) is 17.1 Å². The Morgan fingerprint density at radius 2 is 1.70 bits per heavy atom. The summed E-state index contributed by atoms with van der Waals surface area (Å²) in [4.78, 5) is 23.5. The highest BCUT2D eigenvalue weighted by atomic mass is 35.5. The van der Waals surface area contributed by atoms with E-state index in [0.29, 0.717) is 16.0 Å². The lowest BCUT2D eigenvalue weighted by Gasteiger charge is -2.14. The summed E-state index contributed by atoms with van der Waals surface area (Å²) in [6.07, 6.45) is 0. The first-order valence-electron chi connectivity index (χ1n) is 9.92. The van der Waals surface area contributed by atoms with Gasteiger partial charge in [0.2, 0.25) is 5.91 Å². The van der Waals surface area contributed by atoms with Gasteiger partial charge in [0, 0.05) is 22.3 Å². The Labute approximate surface area is 198 Å². The second-order valence-corrected chi connectivity index (χ2v) is 8.75. The molecule has 3 aromatic carbocycles. The standard InChI is InChI=1S/C23H18ClN5O3S/c1-15(22(30)25-19-9-5-6-10-20(19)29(31)32)33-23-27-26-21(16-11-13-17(24)14-12-16)28(23)18-7-3-2-4-8-18/h2-15H,1H3,(H,25,30). The van der Waals surface area contributed by atoms with E-state index in [1.807, 2.05) is 47.0 Å². The number of hydrogen-bond donors (Lipinski definition) is 1. The normalized spacial score (nSPS) is 11.7. The number of benzene rings is 3. The first-order chi connectivity index (χ1) is 15.9. The van der Waals surface area contributed by atoms with Crippen LogP contribution in [-0.4, -0.2) is 30.8 Å². The largest absolute Gasteiger partial charge is 0.319 e. The van der Waals surface area contributed by atoms with Crippen LogP contribution in [0.2, 0.25) is 5.02 Å². The molecule has 1 atom stereocenters. The van der Waals surface area contributed by atoms with E-state index in [9.17, 15) is 14.9 Å². The topological polar surface area (TPSA) is 103 Å². The summed E-state index contributed by atoms with van der Waals surface area (Å²) in [5, 5.41) is 23.1. The van der Waals surface area contributed by atoms with Gasteiger partial charge in [0.05, 0.1) is 10.2 Å². The average Bonchev–Trinajstić information content (AvgIpc) is 3.23. The molecule has 0 saturated carbocycles. The van der Waals surface area contributed by atoms with Crippen LogP contribution in [0.25, 0.3) is 17.1 Å². The SMILES string of the molecule is CC(Sc1nnc(-c2ccc(Cl)cc2)n1-c1ccccc1)C(=O)Nc1ccccc1[N+](=O)[O-]. The van der Waals surface area contributed by atoms with E-state index < -0.39 is 10.2 Å². The monoisotopic (exact) mass is 479 g/mol. The Hall–Kier alpha value is -3.69. The van der Waals surface area contributed by atoms with Gasteiger partial charge >= 0.3 is 0 Å². The van der Waals surface area contributed by atoms with E-state index in [0.717, 1.165) is 11.3 Å². The second-order valence-electron chi connectivity index (χ2n) is 7.01. The van der Waals surface area contributed by atoms with E-state index in [2.05, 4.69) is 15.5 Å². The molecule has 0 bridgehead atoms. The summed E-state index contributed by atoms with van der Waals surface area (Å²) in [7, 11) is 0. The first kappa shape index (κ1) is 22.5. The predicted octanol–water partition coefficient (Wildman–Crippen LogP) is 5.62. The number of nitro benzene ring substituents is 1. The van der Waals surface area contributed by atoms with Crippen molar-refractivity contribution in [1.29, 1.82) is 0 Å². The number of carbonyl (C=O) groups excluding carboxylic acids is 1. The molecule has 4 aromatic rings. The third-order valence-corrected chi connectivity index (χ3v) is 6.05. The number of nitrogens with zero attached hydrogens (tertiary/aromatic N) is 4. The number of rotatable bonds is 7. The molecule has 0 fully saturated rings. The number of halogens is 1. The molecular weight excluding hydrogens is 462 g/mol. The summed E-state index contributed by atoms with van der Waals surface area (Å²) in [5.74, 6) is 0.219. The quantitative estimate of drug-likeness (QED) is 0.210. The van der Waals surface area contributed by atoms with Gasteiger partial charge in [-0.05, 0) is 49.4 Å². The van der Waals surface area contributed by atoms with Gasteiger partial charge in [0.15, 0.2) is 11.0 Å². The van der Waals surface area contributed by atoms with Gasteiger partial charge in [-0.1, -0.05) is 53.7 Å². The van der Waals surface area contributed by atoms with Gasteiger partial charge < -0.3 is 5.32 Å². The number of nitro groups is 1. The van der Waals surface area contributed by atoms with Crippen LogP contribution in [-0.2, 0) is 4.79 Å². The van der Waals surface area contributed by atoms with Crippen LogP contribution in [0.3, 0.4) is 0 Å². The zero-order valence-electron chi connectivity index (χ0n) is 17.4. The van der Waals surface area contributed by atoms with Gasteiger partial charge in [-0.3, -0.25) is 19.5 Å². The molecule has 166 valence electrons. The van der Waals surface area contributed by atoms with Crippen LogP contribution in [0.4, 0.5) is 11.4 Å². The van der Waals surface area contributed by atoms with Gasteiger partial charge in [0.1, 0.15) is 5.69 Å². The fraction of sp³-hybridized carbons (Fsp3) is 0.0870. The Bertz CT molecular complexity index is 1300. The molecule has 0 spiro atoms. The van der Waals surface area contributed by atoms with Crippen LogP contribution in [0.1, 0.15) is 6.92 Å². The van der Waals surface area contributed by atoms with Gasteiger partial charge in [-0.25, -0.2) is 0 Å². The molecule has 0 radical (unpaired) electrons. The summed E-state index contributed by atoms with van der Waals surface area (Å²) in [6.45, 7) is 1.71. The highest BCUT2D eigenvalue weighted by molar-refractivity contribution is 8.00. The molecule has 10 heteroatoms. The number of para-hydroxylation sites is 3. The van der Waals surface area contributed by atoms with E-state index in [1.54, 1.807) is 31.2 Å². The van der Waals surface area contributed by atoms with Crippen LogP contribution >= 0.6 is 23.4 Å². The first-order valence-corrected chi connectivity index (χ1v) is 11.2. The van der Waals surface area contributed by atoms with Crippen molar-refractivity contribution in [1.82, 2.24) is 14.8 Å². The lowest BCUT2D eigenvalue weighted by atomic mass is 10.2. The molecule has 0 aliphatic rings. The summed E-state index contributed by atoms with van der Waals surface area (Å²) in [5.41, 5.74) is 1.63. The maximum Gasteiger partial charge on any atom is 0.292 e. The Morgan fingerprint density at radius 3 is 2.39 bits per heavy atom. The molecule has 0 aliphatic carbocycles. The minimum absolute atomic E-state index is 0.145. The molecule has 0 aliphatic heterocycles. The van der Waals surface area contributed by atoms with Crippen molar-refractivity contribution >= 4 is 40.6 Å². The van der Waals surface area contributed by atoms with Crippen LogP contribution in [0.5, 0.6) is 0 Å². The van der Waals surface area contributed by atoms with Gasteiger partial charge in [0.25, 0.3) is 5.69 Å². The van der Waals surface area contributed by atoms with Crippen LogP contribution in [0, 0.1) is 10.1 Å². The highest BCUT2D eigenvalue weighted by Gasteiger charge is 2.23. The second kappa shape index (κ2) is 9.85. The molecule has 0 saturated heterocycles. The zero-order valence-corrected chi connectivity index (χ0v) is 19.0. The Morgan fingerprint density at radius 1 is 1.03 bits per heavy atom. The van der Waals surface area contributed by atoms with E-state index in [-0.39, 0.29) is 17.3 Å². The van der Waals surface area contributed by atoms with Gasteiger partial charge in [-0.2, -0.15) is 0 Å². The van der Waals surface area contributed by atoms with Crippen molar-refractivity contribution in [2.75, 3.05) is 5.32 Å². The Kier molecular flexibility index (Phi) is 6.71. The van der Waals surface area contributed by atoms with Crippen molar-refractivity contribution in [2.45, 2.75) is 17.3 Å². The fourth-order valence-corrected chi connectivity index (χ4v) is 4.12. The number of anilines is 1. The van der Waals surface area contributed by atoms with Crippen molar-refractivity contribution in [3.05, 3.63) is 94.0 Å². The van der Waals surface area contributed by atoms with Crippen molar-refractivity contribution in [2.24, 2.45) is 0 Å². The number of nitrogens with one attached hydrogen (secondary N) is 1. The van der Waals surface area contributed by atoms with E-state index in [4.69, 9.17) is 11.6 Å². The molecule has 1 aromatic heterocycles. The smallest absolute Gasteiger partial charge is 0.292 e. The van der Waals surface area contributed by atoms with Crippen molar-refractivity contribution in [3.63, 3.8) is 0 Å². The third kappa shape index (κ3) is 5.05. The summed E-state index contributed by atoms with van der Waals surface area (Å²) < 4.78 is 1.86. The maximum absolute atomic E-state index is 12.8. The van der Waals surface area contributed by atoms with E-state index >= 15 is 0 Å². The minimum Gasteiger partial charge on any atom is -0.319 e. The number of thioether (sulfide) groups is 1. The highest BCUT2D eigenvalue weighted by Crippen LogP contribution is 2.31. The minimum atomic E-state index is -0.602. The maximum atomic E-state index is 12.8. The summed E-state index contributed by atoms with van der Waals surface area (Å²) in [6, 6.07) is 22.8. The lowest BCUT2D eigenvalue weighted by molar-refractivity contribution is -0.383. The molecular formula is C23H18ClN5O3S. The number of aromatic nitrogens is 3. The van der Waals surface area contributed by atoms with E-state index in [1.165, 1.54) is 23.9 Å². The molecule has 4 rings (SSSR count). The molecule has 1 heterocycles. The average molecular weight is 480 g/mol. The van der Waals surface area contributed by atoms with Gasteiger partial charge in [-0.15, -0.1) is 10.2 Å². The molecule has 1 amide bonds. The van der Waals surface area contributed by atoms with Crippen LogP contribution in [0.15, 0.2) is 84.0 Å². The number of hydrogen-bond acceptors (Lipinski definition) is 6. The molecule has 1 N–H and O–H groups in total. The fourth-order valence-electron chi connectivity index (χ4n) is 3.13. The van der Waals surface area contributed by atoms with Crippen molar-refractivity contribution < 1.29 is 9.72 Å². The number of carbonyl (C=O) groups is 1. The van der Waals surface area contributed by atoms with Crippen LogP contribution < -0.4 is 5.32 Å². The zero-order chi connectivity index (χ0) is 23.4. The Balaban J connectivity index is 1.63.